The molecule has 0 aromatic carbocycles. The molecule has 1 aromatic rings. The minimum Gasteiger partial charge on any atom is -0.378 e. The third kappa shape index (κ3) is 2.53. The van der Waals surface area contributed by atoms with E-state index in [1.807, 2.05) is 11.7 Å². The van der Waals surface area contributed by atoms with Crippen LogP contribution in [0.25, 0.3) is 0 Å². The van der Waals surface area contributed by atoms with Gasteiger partial charge in [0.1, 0.15) is 5.82 Å². The van der Waals surface area contributed by atoms with E-state index in [4.69, 9.17) is 9.47 Å². The summed E-state index contributed by atoms with van der Waals surface area (Å²) in [4.78, 5) is 2.40. The molecule has 3 aliphatic rings. The Kier molecular flexibility index (Phi) is 3.84. The number of hydrogen-bond donors (Lipinski definition) is 1. The molecule has 0 spiro atoms. The van der Waals surface area contributed by atoms with Gasteiger partial charge in [-0.1, -0.05) is 0 Å². The molecule has 0 amide bonds. The summed E-state index contributed by atoms with van der Waals surface area (Å²) in [5.41, 5.74) is 2.45. The summed E-state index contributed by atoms with van der Waals surface area (Å²) < 4.78 is 13.4. The topological polar surface area (TPSA) is 51.5 Å². The molecule has 0 aliphatic carbocycles. The van der Waals surface area contributed by atoms with Crippen LogP contribution in [0.1, 0.15) is 30.5 Å². The van der Waals surface area contributed by atoms with Crippen LogP contribution < -0.4 is 10.2 Å². The lowest BCUT2D eigenvalue weighted by atomic mass is 9.95. The summed E-state index contributed by atoms with van der Waals surface area (Å²) >= 11 is 0. The van der Waals surface area contributed by atoms with Gasteiger partial charge < -0.3 is 19.7 Å². The third-order valence-electron chi connectivity index (χ3n) is 5.27. The molecule has 3 saturated heterocycles. The van der Waals surface area contributed by atoms with Crippen LogP contribution >= 0.6 is 0 Å². The molecule has 122 valence electrons. The Morgan fingerprint density at radius 3 is 2.77 bits per heavy atom. The van der Waals surface area contributed by atoms with Crippen LogP contribution in [0, 0.1) is 6.92 Å². The second-order valence-corrected chi connectivity index (χ2v) is 6.71. The van der Waals surface area contributed by atoms with Gasteiger partial charge in [-0.2, -0.15) is 5.10 Å². The SMILES string of the molecule is Cc1nn(C)c(N2CCOCC2)c1CN[C@@H]1C[C@H]2CC[C@@H]1O2. The molecular weight excluding hydrogens is 280 g/mol. The maximum absolute atomic E-state index is 5.95. The van der Waals surface area contributed by atoms with Crippen LogP contribution in [0.4, 0.5) is 5.82 Å². The van der Waals surface area contributed by atoms with Gasteiger partial charge in [0.2, 0.25) is 0 Å². The Labute approximate surface area is 131 Å². The van der Waals surface area contributed by atoms with E-state index in [0.29, 0.717) is 18.2 Å². The number of morpholine rings is 1. The summed E-state index contributed by atoms with van der Waals surface area (Å²) in [5, 5.41) is 8.37. The predicted molar refractivity (Wildman–Crippen MR) is 84.1 cm³/mol. The van der Waals surface area contributed by atoms with E-state index < -0.39 is 0 Å². The van der Waals surface area contributed by atoms with Gasteiger partial charge in [0.05, 0.1) is 31.1 Å². The molecule has 1 N–H and O–H groups in total. The van der Waals surface area contributed by atoms with Crippen molar-refractivity contribution >= 4 is 5.82 Å². The van der Waals surface area contributed by atoms with Crippen molar-refractivity contribution in [2.45, 2.75) is 51.0 Å². The molecule has 3 atom stereocenters. The lowest BCUT2D eigenvalue weighted by Gasteiger charge is -2.30. The van der Waals surface area contributed by atoms with Crippen molar-refractivity contribution in [1.29, 1.82) is 0 Å². The Bertz CT molecular complexity index is 538. The summed E-state index contributed by atoms with van der Waals surface area (Å²) in [6.07, 6.45) is 4.54. The van der Waals surface area contributed by atoms with Gasteiger partial charge in [-0.25, -0.2) is 0 Å². The predicted octanol–water partition coefficient (Wildman–Crippen LogP) is 0.975. The van der Waals surface area contributed by atoms with E-state index in [2.05, 4.69) is 22.2 Å². The summed E-state index contributed by atoms with van der Waals surface area (Å²) in [6.45, 7) is 6.49. The number of ether oxygens (including phenoxy) is 2. The number of aryl methyl sites for hydroxylation is 2. The number of anilines is 1. The molecule has 0 unspecified atom stereocenters. The highest BCUT2D eigenvalue weighted by Crippen LogP contribution is 2.35. The first-order valence-corrected chi connectivity index (χ1v) is 8.46. The molecule has 0 radical (unpaired) electrons. The van der Waals surface area contributed by atoms with Crippen LogP contribution in [0.5, 0.6) is 0 Å². The van der Waals surface area contributed by atoms with Crippen molar-refractivity contribution in [2.24, 2.45) is 7.05 Å². The quantitative estimate of drug-likeness (QED) is 0.898. The lowest BCUT2D eigenvalue weighted by Crippen LogP contribution is -2.39. The molecule has 6 heteroatoms. The van der Waals surface area contributed by atoms with Crippen LogP contribution in [-0.4, -0.2) is 54.3 Å². The van der Waals surface area contributed by atoms with Gasteiger partial charge in [0.25, 0.3) is 0 Å². The zero-order chi connectivity index (χ0) is 15.1. The first-order valence-electron chi connectivity index (χ1n) is 8.46. The minimum atomic E-state index is 0.425. The second kappa shape index (κ2) is 5.83. The number of nitrogens with zero attached hydrogens (tertiary/aromatic N) is 3. The lowest BCUT2D eigenvalue weighted by molar-refractivity contribution is 0.0972. The van der Waals surface area contributed by atoms with Gasteiger partial charge in [-0.15, -0.1) is 0 Å². The molecule has 4 heterocycles. The van der Waals surface area contributed by atoms with E-state index in [9.17, 15) is 0 Å². The fourth-order valence-electron chi connectivity index (χ4n) is 4.15. The highest BCUT2D eigenvalue weighted by molar-refractivity contribution is 5.50. The van der Waals surface area contributed by atoms with Gasteiger partial charge in [-0.3, -0.25) is 4.68 Å². The maximum Gasteiger partial charge on any atom is 0.131 e. The Balaban J connectivity index is 1.48. The molecule has 2 bridgehead atoms. The number of fused-ring (bicyclic) bond motifs is 2. The molecule has 3 fully saturated rings. The van der Waals surface area contributed by atoms with Crippen molar-refractivity contribution in [2.75, 3.05) is 31.2 Å². The van der Waals surface area contributed by atoms with Crippen LogP contribution in [0.2, 0.25) is 0 Å². The summed E-state index contributed by atoms with van der Waals surface area (Å²) in [6, 6.07) is 0.510. The molecule has 3 aliphatic heterocycles. The fourth-order valence-corrected chi connectivity index (χ4v) is 4.15. The zero-order valence-electron chi connectivity index (χ0n) is 13.5. The summed E-state index contributed by atoms with van der Waals surface area (Å²) in [5.74, 6) is 1.25. The minimum absolute atomic E-state index is 0.425. The molecule has 0 saturated carbocycles. The van der Waals surface area contributed by atoms with Gasteiger partial charge in [0, 0.05) is 38.3 Å². The van der Waals surface area contributed by atoms with Crippen LogP contribution in [0.3, 0.4) is 0 Å². The van der Waals surface area contributed by atoms with Crippen molar-refractivity contribution < 1.29 is 9.47 Å². The van der Waals surface area contributed by atoms with Gasteiger partial charge in [0.15, 0.2) is 0 Å². The average molecular weight is 306 g/mol. The van der Waals surface area contributed by atoms with Crippen molar-refractivity contribution in [3.05, 3.63) is 11.3 Å². The highest BCUT2D eigenvalue weighted by atomic mass is 16.5. The Hall–Kier alpha value is -1.11. The number of hydrogen-bond acceptors (Lipinski definition) is 5. The Morgan fingerprint density at radius 2 is 2.09 bits per heavy atom. The molecule has 4 rings (SSSR count). The van der Waals surface area contributed by atoms with E-state index >= 15 is 0 Å². The molecular formula is C16H26N4O2. The molecule has 6 nitrogen and oxygen atoms in total. The first kappa shape index (κ1) is 14.5. The maximum atomic E-state index is 5.95. The Morgan fingerprint density at radius 1 is 1.27 bits per heavy atom. The molecule has 22 heavy (non-hydrogen) atoms. The van der Waals surface area contributed by atoms with Crippen LogP contribution in [0.15, 0.2) is 0 Å². The normalized spacial score (nSPS) is 31.2. The smallest absolute Gasteiger partial charge is 0.131 e. The van der Waals surface area contributed by atoms with E-state index in [1.165, 1.54) is 24.2 Å². The van der Waals surface area contributed by atoms with E-state index in [-0.39, 0.29) is 0 Å². The zero-order valence-corrected chi connectivity index (χ0v) is 13.5. The average Bonchev–Trinajstić information content (AvgIpc) is 3.20. The largest absolute Gasteiger partial charge is 0.378 e. The van der Waals surface area contributed by atoms with Gasteiger partial charge >= 0.3 is 0 Å². The number of aromatic nitrogens is 2. The fraction of sp³-hybridized carbons (Fsp3) is 0.812. The number of nitrogens with one attached hydrogen (secondary N) is 1. The van der Waals surface area contributed by atoms with E-state index in [0.717, 1.165) is 45.0 Å². The number of rotatable bonds is 4. The van der Waals surface area contributed by atoms with Crippen LogP contribution in [-0.2, 0) is 23.1 Å². The standard InChI is InChI=1S/C16H26N4O2/c1-11-13(10-17-14-9-12-3-4-15(14)22-12)16(19(2)18-11)20-5-7-21-8-6-20/h12,14-15,17H,3-10H2,1-2H3/t12-,14-,15+/m1/s1. The van der Waals surface area contributed by atoms with E-state index in [1.54, 1.807) is 0 Å². The molecule has 1 aromatic heterocycles. The first-order chi connectivity index (χ1) is 10.7. The van der Waals surface area contributed by atoms with Crippen molar-refractivity contribution in [3.63, 3.8) is 0 Å². The van der Waals surface area contributed by atoms with Crippen molar-refractivity contribution in [3.8, 4) is 0 Å². The summed E-state index contributed by atoms with van der Waals surface area (Å²) in [7, 11) is 2.04. The third-order valence-corrected chi connectivity index (χ3v) is 5.27. The van der Waals surface area contributed by atoms with Crippen molar-refractivity contribution in [1.82, 2.24) is 15.1 Å². The second-order valence-electron chi connectivity index (χ2n) is 6.71. The highest BCUT2D eigenvalue weighted by Gasteiger charge is 2.40. The van der Waals surface area contributed by atoms with Gasteiger partial charge in [-0.05, 0) is 26.2 Å². The monoisotopic (exact) mass is 306 g/mol.